The molecule has 1 aromatic carbocycles. The van der Waals surface area contributed by atoms with E-state index in [0.717, 1.165) is 11.0 Å². The minimum Gasteiger partial charge on any atom is -0.312 e. The first-order chi connectivity index (χ1) is 7.11. The maximum Gasteiger partial charge on any atom is 0.122 e. The molecule has 2 rings (SSSR count). The number of hydrogen-bond donors (Lipinski definition) is 1. The van der Waals surface area contributed by atoms with Crippen LogP contribution in [0.3, 0.4) is 0 Å². The lowest BCUT2D eigenvalue weighted by Gasteiger charge is -2.13. The second-order valence-corrected chi connectivity index (χ2v) is 3.75. The third-order valence-electron chi connectivity index (χ3n) is 2.05. The molecule has 0 saturated heterocycles. The van der Waals surface area contributed by atoms with Crippen molar-refractivity contribution in [2.75, 3.05) is 0 Å². The second kappa shape index (κ2) is 3.33. The lowest BCUT2D eigenvalue weighted by Crippen LogP contribution is -2.39. The van der Waals surface area contributed by atoms with Gasteiger partial charge in [0.1, 0.15) is 16.6 Å². The molecule has 0 amide bonds. The molecule has 0 spiro atoms. The smallest absolute Gasteiger partial charge is 0.122 e. The average molecular weight is 201 g/mol. The van der Waals surface area contributed by atoms with E-state index < -0.39 is 5.54 Å². The van der Waals surface area contributed by atoms with Crippen LogP contribution in [0.2, 0.25) is 0 Å². The summed E-state index contributed by atoms with van der Waals surface area (Å²) in [6.45, 7) is 1.94. The first kappa shape index (κ1) is 9.62. The van der Waals surface area contributed by atoms with Crippen molar-refractivity contribution in [3.05, 3.63) is 24.3 Å². The Morgan fingerprint density at radius 3 is 2.40 bits per heavy atom. The third kappa shape index (κ3) is 1.95. The number of rotatable bonds is 2. The summed E-state index contributed by atoms with van der Waals surface area (Å²) in [5.74, 6) is 0. The highest BCUT2D eigenvalue weighted by Crippen LogP contribution is 2.08. The molecular formula is C10H11N5. The zero-order valence-electron chi connectivity index (χ0n) is 8.38. The largest absolute Gasteiger partial charge is 0.312 e. The van der Waals surface area contributed by atoms with E-state index >= 15 is 0 Å². The quantitative estimate of drug-likeness (QED) is 0.774. The van der Waals surface area contributed by atoms with Crippen molar-refractivity contribution >= 4 is 11.0 Å². The normalized spacial score (nSPS) is 14.7. The maximum absolute atomic E-state index is 8.79. The van der Waals surface area contributed by atoms with Crippen LogP contribution in [-0.4, -0.2) is 20.5 Å². The van der Waals surface area contributed by atoms with E-state index in [1.165, 1.54) is 4.80 Å². The molecule has 0 radical (unpaired) electrons. The van der Waals surface area contributed by atoms with Crippen molar-refractivity contribution in [3.8, 4) is 6.07 Å². The predicted octanol–water partition coefficient (Wildman–Crippen LogP) is 0.672. The van der Waals surface area contributed by atoms with Gasteiger partial charge in [-0.05, 0) is 19.1 Å². The number of aromatic nitrogens is 3. The minimum atomic E-state index is -0.935. The molecule has 0 unspecified atom stereocenters. The Balaban J connectivity index is 2.35. The Kier molecular flexibility index (Phi) is 2.14. The standard InChI is InChI=1S/C10H11N5/c1-10(12,6-11)7-15-13-8-4-2-3-5-9(8)14-15/h2-5H,7,12H2,1H3/t10-/m1/s1. The minimum absolute atomic E-state index is 0.290. The Labute approximate surface area is 87.1 Å². The molecular weight excluding hydrogens is 190 g/mol. The lowest BCUT2D eigenvalue weighted by molar-refractivity contribution is 0.423. The number of nitrogens with zero attached hydrogens (tertiary/aromatic N) is 4. The summed E-state index contributed by atoms with van der Waals surface area (Å²) >= 11 is 0. The number of benzene rings is 1. The summed E-state index contributed by atoms with van der Waals surface area (Å²) in [5, 5.41) is 17.2. The number of nitriles is 1. The van der Waals surface area contributed by atoms with Gasteiger partial charge in [-0.1, -0.05) is 12.1 Å². The van der Waals surface area contributed by atoms with Gasteiger partial charge in [0.25, 0.3) is 0 Å². The van der Waals surface area contributed by atoms with Crippen LogP contribution in [0.5, 0.6) is 0 Å². The topological polar surface area (TPSA) is 80.5 Å². The van der Waals surface area contributed by atoms with Gasteiger partial charge in [-0.25, -0.2) is 0 Å². The van der Waals surface area contributed by atoms with E-state index in [1.807, 2.05) is 30.3 Å². The molecule has 5 nitrogen and oxygen atoms in total. The summed E-state index contributed by atoms with van der Waals surface area (Å²) in [6.07, 6.45) is 0. The first-order valence-electron chi connectivity index (χ1n) is 4.61. The van der Waals surface area contributed by atoms with Gasteiger partial charge >= 0.3 is 0 Å². The van der Waals surface area contributed by atoms with Crippen LogP contribution >= 0.6 is 0 Å². The van der Waals surface area contributed by atoms with Crippen LogP contribution in [-0.2, 0) is 6.54 Å². The van der Waals surface area contributed by atoms with E-state index in [2.05, 4.69) is 10.2 Å². The number of nitrogens with two attached hydrogens (primary N) is 1. The third-order valence-corrected chi connectivity index (χ3v) is 2.05. The van der Waals surface area contributed by atoms with Crippen LogP contribution < -0.4 is 5.73 Å². The van der Waals surface area contributed by atoms with Gasteiger partial charge in [0, 0.05) is 0 Å². The second-order valence-electron chi connectivity index (χ2n) is 3.75. The van der Waals surface area contributed by atoms with Crippen molar-refractivity contribution in [1.82, 2.24) is 15.0 Å². The monoisotopic (exact) mass is 201 g/mol. The van der Waals surface area contributed by atoms with E-state index in [4.69, 9.17) is 11.0 Å². The molecule has 0 aliphatic rings. The zero-order valence-corrected chi connectivity index (χ0v) is 8.38. The van der Waals surface area contributed by atoms with E-state index in [0.29, 0.717) is 0 Å². The molecule has 15 heavy (non-hydrogen) atoms. The molecule has 0 aliphatic carbocycles. The van der Waals surface area contributed by atoms with Crippen molar-refractivity contribution in [1.29, 1.82) is 5.26 Å². The molecule has 76 valence electrons. The van der Waals surface area contributed by atoms with Gasteiger partial charge < -0.3 is 5.73 Å². The summed E-state index contributed by atoms with van der Waals surface area (Å²) in [4.78, 5) is 1.47. The van der Waals surface area contributed by atoms with E-state index in [1.54, 1.807) is 6.92 Å². The Morgan fingerprint density at radius 1 is 1.40 bits per heavy atom. The predicted molar refractivity (Wildman–Crippen MR) is 55.7 cm³/mol. The Hall–Kier alpha value is -1.93. The first-order valence-corrected chi connectivity index (χ1v) is 4.61. The molecule has 2 N–H and O–H groups in total. The van der Waals surface area contributed by atoms with E-state index in [9.17, 15) is 0 Å². The summed E-state index contributed by atoms with van der Waals surface area (Å²) in [7, 11) is 0. The molecule has 0 bridgehead atoms. The van der Waals surface area contributed by atoms with Gasteiger partial charge in [-0.3, -0.25) is 0 Å². The highest BCUT2D eigenvalue weighted by atomic mass is 15.5. The average Bonchev–Trinajstić information content (AvgIpc) is 2.58. The van der Waals surface area contributed by atoms with Crippen LogP contribution in [0.4, 0.5) is 0 Å². The fraction of sp³-hybridized carbons (Fsp3) is 0.300. The molecule has 0 fully saturated rings. The zero-order chi connectivity index (χ0) is 10.9. The van der Waals surface area contributed by atoms with Crippen LogP contribution in [0.25, 0.3) is 11.0 Å². The maximum atomic E-state index is 8.79. The molecule has 1 atom stereocenters. The highest BCUT2D eigenvalue weighted by Gasteiger charge is 2.19. The molecule has 2 aromatic rings. The lowest BCUT2D eigenvalue weighted by atomic mass is 10.1. The van der Waals surface area contributed by atoms with Crippen LogP contribution in [0.15, 0.2) is 24.3 Å². The van der Waals surface area contributed by atoms with Gasteiger partial charge in [-0.15, -0.1) is 0 Å². The van der Waals surface area contributed by atoms with Gasteiger partial charge in [0.05, 0.1) is 12.6 Å². The summed E-state index contributed by atoms with van der Waals surface area (Å²) in [5.41, 5.74) is 6.40. The van der Waals surface area contributed by atoms with Crippen molar-refractivity contribution in [3.63, 3.8) is 0 Å². The Morgan fingerprint density at radius 2 is 1.93 bits per heavy atom. The summed E-state index contributed by atoms with van der Waals surface area (Å²) in [6, 6.07) is 9.55. The molecule has 1 aromatic heterocycles. The number of hydrogen-bond acceptors (Lipinski definition) is 4. The molecule has 0 saturated carbocycles. The van der Waals surface area contributed by atoms with E-state index in [-0.39, 0.29) is 6.54 Å². The van der Waals surface area contributed by atoms with Gasteiger partial charge in [-0.2, -0.15) is 20.3 Å². The van der Waals surface area contributed by atoms with Crippen LogP contribution in [0, 0.1) is 11.3 Å². The van der Waals surface area contributed by atoms with Gasteiger partial charge in [0.2, 0.25) is 0 Å². The van der Waals surface area contributed by atoms with Crippen molar-refractivity contribution in [2.45, 2.75) is 19.0 Å². The fourth-order valence-corrected chi connectivity index (χ4v) is 1.30. The highest BCUT2D eigenvalue weighted by molar-refractivity contribution is 5.72. The SMILES string of the molecule is C[C@@](N)(C#N)Cn1nc2ccccc2n1. The van der Waals surface area contributed by atoms with Gasteiger partial charge in [0.15, 0.2) is 0 Å². The molecule has 0 aliphatic heterocycles. The fourth-order valence-electron chi connectivity index (χ4n) is 1.30. The van der Waals surface area contributed by atoms with Crippen molar-refractivity contribution in [2.24, 2.45) is 5.73 Å². The van der Waals surface area contributed by atoms with Crippen LogP contribution in [0.1, 0.15) is 6.92 Å². The summed E-state index contributed by atoms with van der Waals surface area (Å²) < 4.78 is 0. The molecule has 1 heterocycles. The molecule has 5 heteroatoms. The number of fused-ring (bicyclic) bond motifs is 1. The Bertz CT molecular complexity index is 487. The van der Waals surface area contributed by atoms with Crippen molar-refractivity contribution < 1.29 is 0 Å².